The maximum absolute atomic E-state index is 14.0. The zero-order chi connectivity index (χ0) is 20.6. The summed E-state index contributed by atoms with van der Waals surface area (Å²) < 4.78 is 19.3. The summed E-state index contributed by atoms with van der Waals surface area (Å²) >= 11 is 0. The van der Waals surface area contributed by atoms with Crippen molar-refractivity contribution >= 4 is 11.6 Å². The van der Waals surface area contributed by atoms with Crippen molar-refractivity contribution in [2.24, 2.45) is 4.99 Å². The number of ether oxygens (including phenoxy) is 1. The highest BCUT2D eigenvalue weighted by atomic mass is 19.1. The summed E-state index contributed by atoms with van der Waals surface area (Å²) in [6.45, 7) is 5.90. The number of aliphatic hydroxyl groups excluding tert-OH is 1. The smallest absolute Gasteiger partial charge is 0.194 e. The fourth-order valence-electron chi connectivity index (χ4n) is 3.42. The highest BCUT2D eigenvalue weighted by Gasteiger charge is 2.21. The van der Waals surface area contributed by atoms with Crippen LogP contribution >= 0.6 is 0 Å². The molecule has 2 N–H and O–H groups in total. The molecule has 1 unspecified atom stereocenters. The molecular weight excluding hydrogens is 371 g/mol. The van der Waals surface area contributed by atoms with Crippen LogP contribution in [0, 0.1) is 5.82 Å². The summed E-state index contributed by atoms with van der Waals surface area (Å²) in [6.07, 6.45) is -0.710. The van der Waals surface area contributed by atoms with E-state index >= 15 is 0 Å². The molecule has 6 nitrogen and oxygen atoms in total. The van der Waals surface area contributed by atoms with E-state index in [1.165, 1.54) is 6.07 Å². The molecule has 3 rings (SSSR count). The molecule has 1 atom stereocenters. The van der Waals surface area contributed by atoms with E-state index in [1.54, 1.807) is 13.2 Å². The molecule has 0 aliphatic carbocycles. The fraction of sp³-hybridized carbons (Fsp3) is 0.409. The molecule has 2 aromatic rings. The number of anilines is 1. The normalized spacial score (nSPS) is 15.9. The first-order valence-corrected chi connectivity index (χ1v) is 9.97. The quantitative estimate of drug-likeness (QED) is 0.577. The van der Waals surface area contributed by atoms with Gasteiger partial charge in [-0.25, -0.2) is 4.39 Å². The lowest BCUT2D eigenvalue weighted by molar-refractivity contribution is 0.186. The predicted molar refractivity (Wildman–Crippen MR) is 114 cm³/mol. The molecule has 0 aromatic heterocycles. The van der Waals surface area contributed by atoms with E-state index in [9.17, 15) is 9.50 Å². The molecule has 1 saturated heterocycles. The number of guanidine groups is 1. The minimum atomic E-state index is -0.710. The Bertz CT molecular complexity index is 822. The summed E-state index contributed by atoms with van der Waals surface area (Å²) in [6, 6.07) is 14.3. The number of hydrogen-bond acceptors (Lipinski definition) is 4. The number of hydrogen-bond donors (Lipinski definition) is 2. The number of halogens is 1. The molecule has 0 saturated carbocycles. The van der Waals surface area contributed by atoms with Crippen molar-refractivity contribution < 1.29 is 14.2 Å². The van der Waals surface area contributed by atoms with Crippen LogP contribution < -0.4 is 15.0 Å². The zero-order valence-corrected chi connectivity index (χ0v) is 17.0. The second kappa shape index (κ2) is 10.1. The Morgan fingerprint density at radius 1 is 1.17 bits per heavy atom. The van der Waals surface area contributed by atoms with E-state index in [1.807, 2.05) is 43.3 Å². The molecular formula is C22H29FN4O2. The largest absolute Gasteiger partial charge is 0.497 e. The van der Waals surface area contributed by atoms with Gasteiger partial charge in [0.1, 0.15) is 11.6 Å². The topological polar surface area (TPSA) is 60.3 Å². The maximum Gasteiger partial charge on any atom is 0.194 e. The molecule has 7 heteroatoms. The van der Waals surface area contributed by atoms with E-state index < -0.39 is 6.10 Å². The number of methoxy groups -OCH3 is 1. The van der Waals surface area contributed by atoms with Crippen LogP contribution in [0.5, 0.6) is 5.75 Å². The van der Waals surface area contributed by atoms with Crippen molar-refractivity contribution in [3.63, 3.8) is 0 Å². The Balaban J connectivity index is 1.63. The van der Waals surface area contributed by atoms with Crippen LogP contribution in [0.25, 0.3) is 0 Å². The standard InChI is InChI=1S/C22H29FN4O2/c1-3-24-22(25-16-21(28)17-7-6-8-18(15-17)29-2)27-13-11-26(12-14-27)20-10-5-4-9-19(20)23/h4-10,15,21,28H,3,11-14,16H2,1-2H3,(H,24,25). The Hall–Kier alpha value is -2.80. The molecule has 29 heavy (non-hydrogen) atoms. The molecule has 1 fully saturated rings. The van der Waals surface area contributed by atoms with Crippen molar-refractivity contribution in [1.82, 2.24) is 10.2 Å². The number of aliphatic hydroxyl groups is 1. The van der Waals surface area contributed by atoms with Gasteiger partial charge in [-0.1, -0.05) is 24.3 Å². The van der Waals surface area contributed by atoms with Crippen LogP contribution in [0.15, 0.2) is 53.5 Å². The first-order chi connectivity index (χ1) is 14.1. The van der Waals surface area contributed by atoms with E-state index in [-0.39, 0.29) is 12.4 Å². The molecule has 0 amide bonds. The highest BCUT2D eigenvalue weighted by molar-refractivity contribution is 5.80. The first kappa shape index (κ1) is 20.9. The third-order valence-electron chi connectivity index (χ3n) is 5.00. The van der Waals surface area contributed by atoms with Crippen LogP contribution in [0.2, 0.25) is 0 Å². The van der Waals surface area contributed by atoms with Gasteiger partial charge in [0, 0.05) is 32.7 Å². The van der Waals surface area contributed by atoms with Crippen molar-refractivity contribution in [2.75, 3.05) is 51.3 Å². The summed E-state index contributed by atoms with van der Waals surface area (Å²) in [7, 11) is 1.61. The molecule has 1 aliphatic rings. The monoisotopic (exact) mass is 400 g/mol. The number of nitrogens with one attached hydrogen (secondary N) is 1. The Morgan fingerprint density at radius 3 is 2.62 bits per heavy atom. The van der Waals surface area contributed by atoms with Crippen LogP contribution in [0.4, 0.5) is 10.1 Å². The van der Waals surface area contributed by atoms with Crippen LogP contribution in [-0.2, 0) is 0 Å². The van der Waals surface area contributed by atoms with Gasteiger partial charge in [0.2, 0.25) is 0 Å². The van der Waals surface area contributed by atoms with E-state index in [0.29, 0.717) is 24.5 Å². The lowest BCUT2D eigenvalue weighted by Gasteiger charge is -2.37. The van der Waals surface area contributed by atoms with Gasteiger partial charge in [0.25, 0.3) is 0 Å². The lowest BCUT2D eigenvalue weighted by atomic mass is 10.1. The fourth-order valence-corrected chi connectivity index (χ4v) is 3.42. The van der Waals surface area contributed by atoms with Gasteiger partial charge >= 0.3 is 0 Å². The molecule has 1 heterocycles. The molecule has 0 spiro atoms. The van der Waals surface area contributed by atoms with E-state index in [2.05, 4.69) is 20.1 Å². The Kier molecular flexibility index (Phi) is 7.30. The Labute approximate surface area is 171 Å². The third-order valence-corrected chi connectivity index (χ3v) is 5.00. The number of aliphatic imine (C=N–C) groups is 1. The van der Waals surface area contributed by atoms with Crippen molar-refractivity contribution in [3.05, 3.63) is 59.9 Å². The van der Waals surface area contributed by atoms with Crippen molar-refractivity contribution in [2.45, 2.75) is 13.0 Å². The van der Waals surface area contributed by atoms with E-state index in [4.69, 9.17) is 4.74 Å². The number of rotatable bonds is 6. The molecule has 0 radical (unpaired) electrons. The zero-order valence-electron chi connectivity index (χ0n) is 17.0. The number of para-hydroxylation sites is 1. The number of nitrogens with zero attached hydrogens (tertiary/aromatic N) is 3. The van der Waals surface area contributed by atoms with Crippen LogP contribution in [-0.4, -0.2) is 62.3 Å². The van der Waals surface area contributed by atoms with Crippen molar-refractivity contribution in [1.29, 1.82) is 0 Å². The minimum absolute atomic E-state index is 0.192. The Morgan fingerprint density at radius 2 is 1.93 bits per heavy atom. The second-order valence-corrected chi connectivity index (χ2v) is 6.91. The average molecular weight is 400 g/mol. The minimum Gasteiger partial charge on any atom is -0.497 e. The molecule has 0 bridgehead atoms. The summed E-state index contributed by atoms with van der Waals surface area (Å²) in [4.78, 5) is 8.84. The van der Waals surface area contributed by atoms with Gasteiger partial charge in [-0.05, 0) is 36.8 Å². The SMILES string of the molecule is CCNC(=NCC(O)c1cccc(OC)c1)N1CCN(c2ccccc2F)CC1. The molecule has 156 valence electrons. The van der Waals surface area contributed by atoms with Gasteiger partial charge in [0.05, 0.1) is 25.4 Å². The van der Waals surface area contributed by atoms with E-state index in [0.717, 1.165) is 31.2 Å². The third kappa shape index (κ3) is 5.38. The van der Waals surface area contributed by atoms with Crippen LogP contribution in [0.3, 0.4) is 0 Å². The number of piperazine rings is 1. The maximum atomic E-state index is 14.0. The van der Waals surface area contributed by atoms with Gasteiger partial charge in [-0.3, -0.25) is 4.99 Å². The number of benzene rings is 2. The van der Waals surface area contributed by atoms with Crippen molar-refractivity contribution in [3.8, 4) is 5.75 Å². The van der Waals surface area contributed by atoms with Gasteiger partial charge < -0.3 is 25.0 Å². The summed E-state index contributed by atoms with van der Waals surface area (Å²) in [5, 5.41) is 13.8. The predicted octanol–water partition coefficient (Wildman–Crippen LogP) is 2.66. The molecule has 1 aliphatic heterocycles. The molecule has 2 aromatic carbocycles. The lowest BCUT2D eigenvalue weighted by Crippen LogP contribution is -2.52. The van der Waals surface area contributed by atoms with Gasteiger partial charge in [-0.2, -0.15) is 0 Å². The summed E-state index contributed by atoms with van der Waals surface area (Å²) in [5.74, 6) is 1.28. The second-order valence-electron chi connectivity index (χ2n) is 6.91. The first-order valence-electron chi connectivity index (χ1n) is 9.97. The highest BCUT2D eigenvalue weighted by Crippen LogP contribution is 2.21. The van der Waals surface area contributed by atoms with Gasteiger partial charge in [-0.15, -0.1) is 0 Å². The average Bonchev–Trinajstić information content (AvgIpc) is 2.77. The van der Waals surface area contributed by atoms with Gasteiger partial charge in [0.15, 0.2) is 5.96 Å². The van der Waals surface area contributed by atoms with Crippen LogP contribution in [0.1, 0.15) is 18.6 Å². The summed E-state index contributed by atoms with van der Waals surface area (Å²) in [5.41, 5.74) is 1.41.